The van der Waals surface area contributed by atoms with E-state index in [0.29, 0.717) is 31.5 Å². The molecular weight excluding hydrogens is 358 g/mol. The van der Waals surface area contributed by atoms with Crippen LogP contribution >= 0.6 is 0 Å². The Morgan fingerprint density at radius 2 is 1.68 bits per heavy atom. The van der Waals surface area contributed by atoms with E-state index in [1.807, 2.05) is 0 Å². The molecule has 1 saturated heterocycles. The fourth-order valence-electron chi connectivity index (χ4n) is 4.28. The number of aryl methyl sites for hydroxylation is 1. The van der Waals surface area contributed by atoms with E-state index >= 15 is 0 Å². The van der Waals surface area contributed by atoms with Gasteiger partial charge in [-0.15, -0.1) is 6.58 Å². The highest BCUT2D eigenvalue weighted by Gasteiger charge is 2.32. The van der Waals surface area contributed by atoms with E-state index < -0.39 is 6.08 Å². The molecule has 0 bridgehead atoms. The number of halogens is 2. The monoisotopic (exact) mass is 390 g/mol. The molecule has 0 spiro atoms. The van der Waals surface area contributed by atoms with Crippen LogP contribution in [0.1, 0.15) is 62.0 Å². The van der Waals surface area contributed by atoms with E-state index in [1.165, 1.54) is 24.0 Å². The molecule has 0 atom stereocenters. The first-order valence-corrected chi connectivity index (χ1v) is 10.6. The Hall–Kier alpha value is -1.52. The number of hydrogen-bond donors (Lipinski definition) is 0. The molecule has 1 heterocycles. The number of ether oxygens (including phenoxy) is 2. The Labute approximate surface area is 167 Å². The van der Waals surface area contributed by atoms with Crippen molar-refractivity contribution in [2.45, 2.75) is 63.6 Å². The molecule has 2 nitrogen and oxygen atoms in total. The van der Waals surface area contributed by atoms with Gasteiger partial charge in [0, 0.05) is 11.8 Å². The van der Waals surface area contributed by atoms with Crippen molar-refractivity contribution in [1.82, 2.24) is 0 Å². The average Bonchev–Trinajstić information content (AvgIpc) is 2.74. The molecule has 1 aromatic carbocycles. The van der Waals surface area contributed by atoms with Crippen molar-refractivity contribution < 1.29 is 18.3 Å². The smallest absolute Gasteiger partial charge is 0.266 e. The van der Waals surface area contributed by atoms with Crippen molar-refractivity contribution in [2.75, 3.05) is 13.2 Å². The lowest BCUT2D eigenvalue weighted by Crippen LogP contribution is -2.37. The largest absolute Gasteiger partial charge is 0.352 e. The van der Waals surface area contributed by atoms with Gasteiger partial charge in [0.1, 0.15) is 0 Å². The molecule has 0 amide bonds. The lowest BCUT2D eigenvalue weighted by atomic mass is 9.81. The second kappa shape index (κ2) is 10.9. The number of benzene rings is 1. The van der Waals surface area contributed by atoms with Crippen LogP contribution < -0.4 is 0 Å². The molecule has 1 aliphatic heterocycles. The molecular formula is C24H32F2O2. The molecule has 0 unspecified atom stereocenters. The quantitative estimate of drug-likeness (QED) is 0.366. The lowest BCUT2D eigenvalue weighted by Gasteiger charge is -2.37. The number of unbranched alkanes of at least 4 members (excludes halogenated alkanes) is 2. The minimum Gasteiger partial charge on any atom is -0.352 e. The van der Waals surface area contributed by atoms with Crippen molar-refractivity contribution >= 4 is 0 Å². The minimum absolute atomic E-state index is 0.0514. The third-order valence-corrected chi connectivity index (χ3v) is 6.13. The van der Waals surface area contributed by atoms with E-state index in [1.54, 1.807) is 0 Å². The van der Waals surface area contributed by atoms with Crippen molar-refractivity contribution in [3.05, 3.63) is 60.2 Å². The standard InChI is InChI=1S/C24H32F2O2/c1-2-18-8-14-21(15-9-18)24-27-16-22(17-28-24)20-12-10-19(11-13-20)6-4-3-5-7-23(25)26/h2,7,10-13,18,21-22,24H,1,3-6,8-9,14-17H2. The van der Waals surface area contributed by atoms with Crippen LogP contribution in [0.15, 0.2) is 49.1 Å². The molecule has 1 aromatic rings. The summed E-state index contributed by atoms with van der Waals surface area (Å²) in [5, 5.41) is 0. The van der Waals surface area contributed by atoms with Gasteiger partial charge < -0.3 is 9.47 Å². The van der Waals surface area contributed by atoms with Gasteiger partial charge in [-0.05, 0) is 74.5 Å². The molecule has 1 aliphatic carbocycles. The number of allylic oxidation sites excluding steroid dienone is 2. The summed E-state index contributed by atoms with van der Waals surface area (Å²) < 4.78 is 36.2. The van der Waals surface area contributed by atoms with Gasteiger partial charge in [0.2, 0.25) is 0 Å². The molecule has 0 aromatic heterocycles. The average molecular weight is 391 g/mol. The van der Waals surface area contributed by atoms with E-state index in [4.69, 9.17) is 9.47 Å². The van der Waals surface area contributed by atoms with Gasteiger partial charge in [0.05, 0.1) is 13.2 Å². The number of rotatable bonds is 8. The Morgan fingerprint density at radius 3 is 2.29 bits per heavy atom. The summed E-state index contributed by atoms with van der Waals surface area (Å²) in [6.45, 7) is 5.34. The zero-order valence-corrected chi connectivity index (χ0v) is 16.6. The lowest BCUT2D eigenvalue weighted by molar-refractivity contribution is -0.217. The summed E-state index contributed by atoms with van der Waals surface area (Å²) in [5.41, 5.74) is 2.50. The van der Waals surface area contributed by atoms with Crippen LogP contribution in [-0.4, -0.2) is 19.5 Å². The second-order valence-electron chi connectivity index (χ2n) is 8.12. The second-order valence-corrected chi connectivity index (χ2v) is 8.12. The number of hydrogen-bond acceptors (Lipinski definition) is 2. The third kappa shape index (κ3) is 6.25. The first-order valence-electron chi connectivity index (χ1n) is 10.6. The SMILES string of the molecule is C=CC1CCC(C2OCC(c3ccc(CCCCC=C(F)F)cc3)CO2)CC1. The maximum Gasteiger partial charge on any atom is 0.266 e. The molecule has 2 aliphatic rings. The van der Waals surface area contributed by atoms with Gasteiger partial charge in [-0.2, -0.15) is 8.78 Å². The van der Waals surface area contributed by atoms with Crippen LogP contribution in [0.5, 0.6) is 0 Å². The van der Waals surface area contributed by atoms with Crippen LogP contribution in [0.25, 0.3) is 0 Å². The summed E-state index contributed by atoms with van der Waals surface area (Å²) in [6, 6.07) is 8.60. The fourth-order valence-corrected chi connectivity index (χ4v) is 4.28. The van der Waals surface area contributed by atoms with E-state index in [-0.39, 0.29) is 12.2 Å². The first-order chi connectivity index (χ1) is 13.7. The fraction of sp³-hybridized carbons (Fsp3) is 0.583. The predicted molar refractivity (Wildman–Crippen MR) is 108 cm³/mol. The van der Waals surface area contributed by atoms with Crippen LogP contribution in [-0.2, 0) is 15.9 Å². The molecule has 3 rings (SSSR count). The normalized spacial score (nSPS) is 27.9. The summed E-state index contributed by atoms with van der Waals surface area (Å²) >= 11 is 0. The van der Waals surface area contributed by atoms with Crippen LogP contribution in [0, 0.1) is 11.8 Å². The highest BCUT2D eigenvalue weighted by Crippen LogP contribution is 2.35. The molecule has 28 heavy (non-hydrogen) atoms. The Bertz CT molecular complexity index is 621. The molecule has 1 saturated carbocycles. The molecule has 0 radical (unpaired) electrons. The highest BCUT2D eigenvalue weighted by molar-refractivity contribution is 5.26. The van der Waals surface area contributed by atoms with Gasteiger partial charge in [-0.25, -0.2) is 0 Å². The molecule has 4 heteroatoms. The maximum absolute atomic E-state index is 12.0. The van der Waals surface area contributed by atoms with Crippen LogP contribution in [0.2, 0.25) is 0 Å². The maximum atomic E-state index is 12.0. The Morgan fingerprint density at radius 1 is 1.00 bits per heavy atom. The first kappa shape index (κ1) is 21.2. The van der Waals surface area contributed by atoms with Crippen LogP contribution in [0.3, 0.4) is 0 Å². The Balaban J connectivity index is 1.39. The predicted octanol–water partition coefficient (Wildman–Crippen LogP) is 6.63. The minimum atomic E-state index is -1.58. The van der Waals surface area contributed by atoms with Crippen molar-refractivity contribution in [1.29, 1.82) is 0 Å². The van der Waals surface area contributed by atoms with Crippen LogP contribution in [0.4, 0.5) is 8.78 Å². The molecule has 154 valence electrons. The summed E-state index contributed by atoms with van der Waals surface area (Å²) in [4.78, 5) is 0. The zero-order valence-electron chi connectivity index (χ0n) is 16.6. The Kier molecular flexibility index (Phi) is 8.23. The van der Waals surface area contributed by atoms with Crippen molar-refractivity contribution in [3.63, 3.8) is 0 Å². The van der Waals surface area contributed by atoms with E-state index in [0.717, 1.165) is 38.2 Å². The van der Waals surface area contributed by atoms with Gasteiger partial charge in [-0.1, -0.05) is 30.3 Å². The van der Waals surface area contributed by atoms with E-state index in [9.17, 15) is 8.78 Å². The molecule has 0 N–H and O–H groups in total. The van der Waals surface area contributed by atoms with Gasteiger partial charge in [0.25, 0.3) is 6.08 Å². The molecule has 2 fully saturated rings. The third-order valence-electron chi connectivity index (χ3n) is 6.13. The summed E-state index contributed by atoms with van der Waals surface area (Å²) in [5.74, 6) is 1.46. The van der Waals surface area contributed by atoms with Crippen molar-refractivity contribution in [2.24, 2.45) is 11.8 Å². The van der Waals surface area contributed by atoms with Gasteiger partial charge in [-0.3, -0.25) is 0 Å². The zero-order chi connectivity index (χ0) is 19.8. The van der Waals surface area contributed by atoms with Crippen molar-refractivity contribution in [3.8, 4) is 0 Å². The van der Waals surface area contributed by atoms with Gasteiger partial charge in [0.15, 0.2) is 6.29 Å². The summed E-state index contributed by atoms with van der Waals surface area (Å²) in [6.07, 6.45) is 9.27. The summed E-state index contributed by atoms with van der Waals surface area (Å²) in [7, 11) is 0. The topological polar surface area (TPSA) is 18.5 Å². The highest BCUT2D eigenvalue weighted by atomic mass is 19.3. The van der Waals surface area contributed by atoms with E-state index in [2.05, 4.69) is 36.9 Å². The van der Waals surface area contributed by atoms with Gasteiger partial charge >= 0.3 is 0 Å².